The smallest absolute Gasteiger partial charge is 0.223 e. The van der Waals surface area contributed by atoms with Gasteiger partial charge in [-0.05, 0) is 43.6 Å². The number of carbonyl (C=O) groups excluding carboxylic acids is 1. The Labute approximate surface area is 155 Å². The zero-order valence-corrected chi connectivity index (χ0v) is 16.2. The highest BCUT2D eigenvalue weighted by atomic mass is 16.5. The number of benzene rings is 1. The van der Waals surface area contributed by atoms with Gasteiger partial charge < -0.3 is 24.3 Å². The molecule has 0 saturated carbocycles. The summed E-state index contributed by atoms with van der Waals surface area (Å²) < 4.78 is 21.2. The molecular formula is C19H30N2O5. The lowest BCUT2D eigenvalue weighted by Crippen LogP contribution is -2.41. The molecule has 1 heterocycles. The molecule has 7 nitrogen and oxygen atoms in total. The molecule has 0 radical (unpaired) electrons. The molecule has 1 saturated heterocycles. The quantitative estimate of drug-likeness (QED) is 0.671. The molecule has 2 rings (SSSR count). The van der Waals surface area contributed by atoms with Gasteiger partial charge >= 0.3 is 0 Å². The van der Waals surface area contributed by atoms with Crippen LogP contribution < -0.4 is 19.5 Å². The Morgan fingerprint density at radius 3 is 2.19 bits per heavy atom. The molecule has 1 aliphatic heterocycles. The molecule has 1 aliphatic rings. The first kappa shape index (κ1) is 20.3. The Kier molecular flexibility index (Phi) is 8.00. The van der Waals surface area contributed by atoms with Gasteiger partial charge in [0, 0.05) is 26.1 Å². The van der Waals surface area contributed by atoms with E-state index in [1.807, 2.05) is 12.1 Å². The molecule has 1 N–H and O–H groups in total. The summed E-state index contributed by atoms with van der Waals surface area (Å²) in [6.45, 7) is 3.68. The highest BCUT2D eigenvalue weighted by Crippen LogP contribution is 2.38. The lowest BCUT2D eigenvalue weighted by molar-refractivity contribution is -0.126. The second-order valence-corrected chi connectivity index (χ2v) is 6.37. The second kappa shape index (κ2) is 10.2. The lowest BCUT2D eigenvalue weighted by atomic mass is 9.95. The summed E-state index contributed by atoms with van der Waals surface area (Å²) in [5.74, 6) is 2.14. The van der Waals surface area contributed by atoms with Crippen LogP contribution in [-0.4, -0.2) is 65.5 Å². The van der Waals surface area contributed by atoms with Crippen molar-refractivity contribution in [2.75, 3.05) is 54.7 Å². The van der Waals surface area contributed by atoms with Gasteiger partial charge in [0.2, 0.25) is 11.7 Å². The van der Waals surface area contributed by atoms with Crippen LogP contribution in [-0.2, 0) is 16.1 Å². The summed E-state index contributed by atoms with van der Waals surface area (Å²) in [6, 6.07) is 3.95. The normalized spacial score (nSPS) is 15.5. The van der Waals surface area contributed by atoms with Crippen molar-refractivity contribution in [1.29, 1.82) is 0 Å². The minimum atomic E-state index is 0.0862. The highest BCUT2D eigenvalue weighted by molar-refractivity contribution is 5.78. The second-order valence-electron chi connectivity index (χ2n) is 6.37. The zero-order valence-electron chi connectivity index (χ0n) is 16.2. The van der Waals surface area contributed by atoms with Crippen LogP contribution in [0.3, 0.4) is 0 Å². The molecule has 1 aromatic carbocycles. The van der Waals surface area contributed by atoms with Crippen molar-refractivity contribution in [3.05, 3.63) is 17.7 Å². The van der Waals surface area contributed by atoms with Gasteiger partial charge in [-0.15, -0.1) is 0 Å². The average Bonchev–Trinajstić information content (AvgIpc) is 2.67. The van der Waals surface area contributed by atoms with Crippen LogP contribution in [0.15, 0.2) is 12.1 Å². The molecule has 26 heavy (non-hydrogen) atoms. The lowest BCUT2D eigenvalue weighted by Gasteiger charge is -2.31. The Bertz CT molecular complexity index is 560. The maximum absolute atomic E-state index is 12.1. The Morgan fingerprint density at radius 2 is 1.69 bits per heavy atom. The molecule has 1 fully saturated rings. The monoisotopic (exact) mass is 366 g/mol. The van der Waals surface area contributed by atoms with Crippen LogP contribution >= 0.6 is 0 Å². The van der Waals surface area contributed by atoms with E-state index in [0.29, 0.717) is 30.4 Å². The molecule has 0 spiro atoms. The Morgan fingerprint density at radius 1 is 1.08 bits per heavy atom. The van der Waals surface area contributed by atoms with Gasteiger partial charge in [-0.3, -0.25) is 9.69 Å². The van der Waals surface area contributed by atoms with E-state index in [9.17, 15) is 4.79 Å². The summed E-state index contributed by atoms with van der Waals surface area (Å²) in [7, 11) is 6.47. The van der Waals surface area contributed by atoms with E-state index in [1.54, 1.807) is 28.4 Å². The third kappa shape index (κ3) is 5.25. The standard InChI is InChI=1S/C19H30N2O5/c1-23-10-7-20-19(22)15-5-8-21(9-6-15)13-14-11-16(24-2)18(26-4)17(12-14)25-3/h11-12,15H,5-10,13H2,1-4H3,(H,20,22). The third-order valence-corrected chi connectivity index (χ3v) is 4.69. The van der Waals surface area contributed by atoms with E-state index >= 15 is 0 Å². The molecule has 146 valence electrons. The van der Waals surface area contributed by atoms with Crippen molar-refractivity contribution in [2.45, 2.75) is 19.4 Å². The van der Waals surface area contributed by atoms with Crippen molar-refractivity contribution in [3.63, 3.8) is 0 Å². The van der Waals surface area contributed by atoms with E-state index in [0.717, 1.165) is 38.0 Å². The molecule has 7 heteroatoms. The molecule has 1 amide bonds. The van der Waals surface area contributed by atoms with Crippen molar-refractivity contribution in [1.82, 2.24) is 10.2 Å². The van der Waals surface area contributed by atoms with Crippen molar-refractivity contribution in [3.8, 4) is 17.2 Å². The van der Waals surface area contributed by atoms with E-state index in [-0.39, 0.29) is 11.8 Å². The van der Waals surface area contributed by atoms with Gasteiger partial charge in [0.15, 0.2) is 11.5 Å². The molecule has 1 aromatic rings. The van der Waals surface area contributed by atoms with Crippen LogP contribution in [0.1, 0.15) is 18.4 Å². The first-order chi connectivity index (χ1) is 12.6. The number of piperidine rings is 1. The van der Waals surface area contributed by atoms with Crippen molar-refractivity contribution in [2.24, 2.45) is 5.92 Å². The van der Waals surface area contributed by atoms with Gasteiger partial charge in [0.25, 0.3) is 0 Å². The maximum atomic E-state index is 12.1. The molecule has 0 atom stereocenters. The van der Waals surface area contributed by atoms with Crippen LogP contribution in [0.25, 0.3) is 0 Å². The Balaban J connectivity index is 1.92. The minimum Gasteiger partial charge on any atom is -0.493 e. The summed E-state index contributed by atoms with van der Waals surface area (Å²) in [4.78, 5) is 14.5. The van der Waals surface area contributed by atoms with Crippen LogP contribution in [0.5, 0.6) is 17.2 Å². The molecule has 0 unspecified atom stereocenters. The van der Waals surface area contributed by atoms with Gasteiger partial charge in [0.05, 0.1) is 27.9 Å². The summed E-state index contributed by atoms with van der Waals surface area (Å²) >= 11 is 0. The summed E-state index contributed by atoms with van der Waals surface area (Å²) in [6.07, 6.45) is 1.73. The number of nitrogens with zero attached hydrogens (tertiary/aromatic N) is 1. The largest absolute Gasteiger partial charge is 0.493 e. The minimum absolute atomic E-state index is 0.0862. The van der Waals surface area contributed by atoms with Gasteiger partial charge in [-0.1, -0.05) is 0 Å². The maximum Gasteiger partial charge on any atom is 0.223 e. The predicted octanol–water partition coefficient (Wildman–Crippen LogP) is 1.69. The molecule has 0 bridgehead atoms. The highest BCUT2D eigenvalue weighted by Gasteiger charge is 2.25. The number of hydrogen-bond donors (Lipinski definition) is 1. The van der Waals surface area contributed by atoms with E-state index in [1.165, 1.54) is 0 Å². The summed E-state index contributed by atoms with van der Waals surface area (Å²) in [5, 5.41) is 2.93. The number of likely N-dealkylation sites (tertiary alicyclic amines) is 1. The number of amides is 1. The van der Waals surface area contributed by atoms with Gasteiger partial charge in [-0.25, -0.2) is 0 Å². The number of ether oxygens (including phenoxy) is 4. The first-order valence-electron chi connectivity index (χ1n) is 8.90. The number of hydrogen-bond acceptors (Lipinski definition) is 6. The van der Waals surface area contributed by atoms with Gasteiger partial charge in [-0.2, -0.15) is 0 Å². The number of carbonyl (C=O) groups is 1. The van der Waals surface area contributed by atoms with Crippen molar-refractivity contribution < 1.29 is 23.7 Å². The number of nitrogens with one attached hydrogen (secondary N) is 1. The third-order valence-electron chi connectivity index (χ3n) is 4.69. The van der Waals surface area contributed by atoms with E-state index in [4.69, 9.17) is 18.9 Å². The molecular weight excluding hydrogens is 336 g/mol. The topological polar surface area (TPSA) is 69.3 Å². The number of rotatable bonds is 9. The fraction of sp³-hybridized carbons (Fsp3) is 0.632. The van der Waals surface area contributed by atoms with Crippen LogP contribution in [0.2, 0.25) is 0 Å². The van der Waals surface area contributed by atoms with Crippen molar-refractivity contribution >= 4 is 5.91 Å². The predicted molar refractivity (Wildman–Crippen MR) is 99.0 cm³/mol. The van der Waals surface area contributed by atoms with Crippen LogP contribution in [0.4, 0.5) is 0 Å². The summed E-state index contributed by atoms with van der Waals surface area (Å²) in [5.41, 5.74) is 1.10. The van der Waals surface area contributed by atoms with E-state index < -0.39 is 0 Å². The fourth-order valence-electron chi connectivity index (χ4n) is 3.26. The molecule has 0 aliphatic carbocycles. The molecule has 0 aromatic heterocycles. The zero-order chi connectivity index (χ0) is 18.9. The average molecular weight is 366 g/mol. The van der Waals surface area contributed by atoms with Crippen LogP contribution in [0, 0.1) is 5.92 Å². The SMILES string of the molecule is COCCNC(=O)C1CCN(Cc2cc(OC)c(OC)c(OC)c2)CC1. The Hall–Kier alpha value is -1.99. The number of methoxy groups -OCH3 is 4. The van der Waals surface area contributed by atoms with Gasteiger partial charge in [0.1, 0.15) is 0 Å². The first-order valence-corrected chi connectivity index (χ1v) is 8.90. The fourth-order valence-corrected chi connectivity index (χ4v) is 3.26. The van der Waals surface area contributed by atoms with E-state index in [2.05, 4.69) is 10.2 Å².